The second-order valence-electron chi connectivity index (χ2n) is 5.64. The Hall–Kier alpha value is -3.15. The molecule has 0 radical (unpaired) electrons. The summed E-state index contributed by atoms with van der Waals surface area (Å²) in [5, 5.41) is 6.80. The van der Waals surface area contributed by atoms with Crippen LogP contribution in [-0.4, -0.2) is 16.0 Å². The number of aryl methyl sites for hydroxylation is 3. The molecule has 128 valence electrons. The lowest BCUT2D eigenvalue weighted by Crippen LogP contribution is -2.14. The molecule has 1 N–H and O–H groups in total. The molecule has 6 heteroatoms. The van der Waals surface area contributed by atoms with Gasteiger partial charge in [0.05, 0.1) is 11.9 Å². The highest BCUT2D eigenvalue weighted by atomic mass is 16.5. The molecule has 0 unspecified atom stereocenters. The van der Waals surface area contributed by atoms with Crippen LogP contribution >= 0.6 is 0 Å². The van der Waals surface area contributed by atoms with Gasteiger partial charge in [0.15, 0.2) is 0 Å². The molecule has 2 aromatic heterocycles. The van der Waals surface area contributed by atoms with Gasteiger partial charge in [-0.3, -0.25) is 9.78 Å². The van der Waals surface area contributed by atoms with E-state index in [1.54, 1.807) is 25.4 Å². The number of nitrogens with one attached hydrogen (secondary N) is 1. The minimum atomic E-state index is -0.226. The monoisotopic (exact) mass is 337 g/mol. The highest BCUT2D eigenvalue weighted by Crippen LogP contribution is 2.27. The van der Waals surface area contributed by atoms with Crippen molar-refractivity contribution in [2.24, 2.45) is 0 Å². The second kappa shape index (κ2) is 7.17. The zero-order valence-electron chi connectivity index (χ0n) is 14.4. The smallest absolute Gasteiger partial charge is 0.261 e. The van der Waals surface area contributed by atoms with Gasteiger partial charge >= 0.3 is 0 Å². The molecule has 0 saturated heterocycles. The standard InChI is InChI=1S/C19H19N3O3/c1-4-16-18(13(3)25-22-16)19(23)21-14-7-8-17(12(2)10-14)24-15-6-5-9-20-11-15/h5-11H,4H2,1-3H3,(H,21,23). The summed E-state index contributed by atoms with van der Waals surface area (Å²) in [6, 6.07) is 9.12. The molecule has 0 aliphatic carbocycles. The molecule has 0 saturated carbocycles. The second-order valence-corrected chi connectivity index (χ2v) is 5.64. The third-order valence-electron chi connectivity index (χ3n) is 3.79. The average molecular weight is 337 g/mol. The van der Waals surface area contributed by atoms with Crippen LogP contribution in [0.1, 0.15) is 34.3 Å². The SMILES string of the molecule is CCc1noc(C)c1C(=O)Nc1ccc(Oc2cccnc2)c(C)c1. The zero-order valence-corrected chi connectivity index (χ0v) is 14.4. The Morgan fingerprint density at radius 2 is 2.12 bits per heavy atom. The number of anilines is 1. The predicted octanol–water partition coefficient (Wildman–Crippen LogP) is 4.29. The highest BCUT2D eigenvalue weighted by Gasteiger charge is 2.19. The predicted molar refractivity (Wildman–Crippen MR) is 94.1 cm³/mol. The van der Waals surface area contributed by atoms with Crippen LogP contribution in [0.5, 0.6) is 11.5 Å². The van der Waals surface area contributed by atoms with Gasteiger partial charge in [-0.1, -0.05) is 12.1 Å². The molecule has 0 fully saturated rings. The molecule has 0 aliphatic rings. The largest absolute Gasteiger partial charge is 0.455 e. The summed E-state index contributed by atoms with van der Waals surface area (Å²) in [6.45, 7) is 5.59. The first kappa shape index (κ1) is 16.7. The van der Waals surface area contributed by atoms with Crippen LogP contribution in [0.25, 0.3) is 0 Å². The molecule has 0 bridgehead atoms. The van der Waals surface area contributed by atoms with Crippen molar-refractivity contribution in [3.05, 3.63) is 65.3 Å². The molecular formula is C19H19N3O3. The van der Waals surface area contributed by atoms with Gasteiger partial charge in [0, 0.05) is 11.9 Å². The number of amides is 1. The molecule has 6 nitrogen and oxygen atoms in total. The van der Waals surface area contributed by atoms with Gasteiger partial charge in [0.2, 0.25) is 0 Å². The van der Waals surface area contributed by atoms with Crippen molar-refractivity contribution in [2.45, 2.75) is 27.2 Å². The fourth-order valence-corrected chi connectivity index (χ4v) is 2.52. The van der Waals surface area contributed by atoms with Gasteiger partial charge in [-0.15, -0.1) is 0 Å². The Bertz CT molecular complexity index is 888. The van der Waals surface area contributed by atoms with E-state index >= 15 is 0 Å². The lowest BCUT2D eigenvalue weighted by molar-refractivity contribution is 0.102. The van der Waals surface area contributed by atoms with Crippen LogP contribution in [-0.2, 0) is 6.42 Å². The Labute approximate surface area is 145 Å². The minimum absolute atomic E-state index is 0.226. The summed E-state index contributed by atoms with van der Waals surface area (Å²) in [7, 11) is 0. The van der Waals surface area contributed by atoms with Crippen molar-refractivity contribution in [3.8, 4) is 11.5 Å². The van der Waals surface area contributed by atoms with Crippen molar-refractivity contribution in [1.82, 2.24) is 10.1 Å². The highest BCUT2D eigenvalue weighted by molar-refractivity contribution is 6.05. The van der Waals surface area contributed by atoms with Crippen LogP contribution in [0.3, 0.4) is 0 Å². The number of hydrogen-bond donors (Lipinski definition) is 1. The lowest BCUT2D eigenvalue weighted by atomic mass is 10.1. The van der Waals surface area contributed by atoms with E-state index in [1.807, 2.05) is 38.1 Å². The lowest BCUT2D eigenvalue weighted by Gasteiger charge is -2.11. The van der Waals surface area contributed by atoms with Crippen molar-refractivity contribution in [3.63, 3.8) is 0 Å². The third-order valence-corrected chi connectivity index (χ3v) is 3.79. The Balaban J connectivity index is 1.77. The topological polar surface area (TPSA) is 77.2 Å². The number of carbonyl (C=O) groups excluding carboxylic acids is 1. The third kappa shape index (κ3) is 3.68. The van der Waals surface area contributed by atoms with Gasteiger partial charge in [0.1, 0.15) is 22.8 Å². The van der Waals surface area contributed by atoms with Crippen LogP contribution in [0.15, 0.2) is 47.2 Å². The summed E-state index contributed by atoms with van der Waals surface area (Å²) in [5.74, 6) is 1.66. The van der Waals surface area contributed by atoms with Gasteiger partial charge in [-0.25, -0.2) is 0 Å². The number of aromatic nitrogens is 2. The van der Waals surface area contributed by atoms with Crippen molar-refractivity contribution in [2.75, 3.05) is 5.32 Å². The minimum Gasteiger partial charge on any atom is -0.455 e. The summed E-state index contributed by atoms with van der Waals surface area (Å²) in [4.78, 5) is 16.5. The maximum absolute atomic E-state index is 12.5. The van der Waals surface area contributed by atoms with E-state index in [-0.39, 0.29) is 5.91 Å². The Morgan fingerprint density at radius 1 is 1.28 bits per heavy atom. The van der Waals surface area contributed by atoms with E-state index in [0.29, 0.717) is 40.6 Å². The van der Waals surface area contributed by atoms with Gasteiger partial charge in [-0.2, -0.15) is 0 Å². The molecule has 25 heavy (non-hydrogen) atoms. The summed E-state index contributed by atoms with van der Waals surface area (Å²) in [5.41, 5.74) is 2.74. The molecule has 1 aromatic carbocycles. The number of nitrogens with zero attached hydrogens (tertiary/aromatic N) is 2. The molecular weight excluding hydrogens is 318 g/mol. The Kier molecular flexibility index (Phi) is 4.79. The van der Waals surface area contributed by atoms with E-state index < -0.39 is 0 Å². The number of carbonyl (C=O) groups is 1. The normalized spacial score (nSPS) is 10.5. The van der Waals surface area contributed by atoms with Crippen LogP contribution < -0.4 is 10.1 Å². The number of ether oxygens (including phenoxy) is 1. The maximum Gasteiger partial charge on any atom is 0.261 e. The first-order chi connectivity index (χ1) is 12.1. The Morgan fingerprint density at radius 3 is 2.80 bits per heavy atom. The quantitative estimate of drug-likeness (QED) is 0.751. The molecule has 0 atom stereocenters. The first-order valence-electron chi connectivity index (χ1n) is 8.03. The zero-order chi connectivity index (χ0) is 17.8. The molecule has 3 rings (SSSR count). The molecule has 2 heterocycles. The van der Waals surface area contributed by atoms with Gasteiger partial charge in [-0.05, 0) is 56.2 Å². The van der Waals surface area contributed by atoms with Crippen molar-refractivity contribution >= 4 is 11.6 Å². The number of pyridine rings is 1. The van der Waals surface area contributed by atoms with E-state index in [1.165, 1.54) is 0 Å². The summed E-state index contributed by atoms with van der Waals surface area (Å²) < 4.78 is 10.9. The maximum atomic E-state index is 12.5. The van der Waals surface area contributed by atoms with Crippen LogP contribution in [0.4, 0.5) is 5.69 Å². The van der Waals surface area contributed by atoms with E-state index in [0.717, 1.165) is 5.56 Å². The van der Waals surface area contributed by atoms with Crippen LogP contribution in [0.2, 0.25) is 0 Å². The van der Waals surface area contributed by atoms with Crippen molar-refractivity contribution < 1.29 is 14.1 Å². The first-order valence-corrected chi connectivity index (χ1v) is 8.03. The van der Waals surface area contributed by atoms with Gasteiger partial charge < -0.3 is 14.6 Å². The number of hydrogen-bond acceptors (Lipinski definition) is 5. The molecule has 0 aliphatic heterocycles. The average Bonchev–Trinajstić information content (AvgIpc) is 2.99. The van der Waals surface area contributed by atoms with E-state index in [2.05, 4.69) is 15.5 Å². The van der Waals surface area contributed by atoms with E-state index in [4.69, 9.17) is 9.26 Å². The molecule has 3 aromatic rings. The summed E-state index contributed by atoms with van der Waals surface area (Å²) in [6.07, 6.45) is 3.97. The van der Waals surface area contributed by atoms with Gasteiger partial charge in [0.25, 0.3) is 5.91 Å². The molecule has 1 amide bonds. The number of rotatable bonds is 5. The van der Waals surface area contributed by atoms with Crippen LogP contribution in [0, 0.1) is 13.8 Å². The number of benzene rings is 1. The van der Waals surface area contributed by atoms with Crippen molar-refractivity contribution in [1.29, 1.82) is 0 Å². The fourth-order valence-electron chi connectivity index (χ4n) is 2.52. The van der Waals surface area contributed by atoms with E-state index in [9.17, 15) is 4.79 Å². The fraction of sp³-hybridized carbons (Fsp3) is 0.211. The summed E-state index contributed by atoms with van der Waals surface area (Å²) >= 11 is 0. The molecule has 0 spiro atoms.